The van der Waals surface area contributed by atoms with E-state index in [2.05, 4.69) is 88.9 Å². The molecule has 0 bridgehead atoms. The average Bonchev–Trinajstić information content (AvgIpc) is 2.55. The lowest BCUT2D eigenvalue weighted by atomic mass is 10.1. The predicted molar refractivity (Wildman–Crippen MR) is 144 cm³/mol. The van der Waals surface area contributed by atoms with Gasteiger partial charge in [0.15, 0.2) is 33.3 Å². The lowest BCUT2D eigenvalue weighted by Gasteiger charge is -2.39. The summed E-state index contributed by atoms with van der Waals surface area (Å²) in [5, 5.41) is 8.39. The van der Waals surface area contributed by atoms with Crippen molar-refractivity contribution in [3.63, 3.8) is 0 Å². The monoisotopic (exact) mass is 524 g/mol. The standard InChI is InChI=1S/C20H48N2O6Si4/c1-23-21-15-17(26-30(6,7)8)19(22-24-2)20(28-32(12,13)14)18(27-31(9,10)11)16-25-29(3,4)5/h15,17-18,20H,16H2,1-14H3/b21-15+,22-19+/t17-,18+,20+/m0/s1. The SMILES string of the molecule is CO/N=C/[C@H](O[Si](C)(C)C)/C(=N\OC)[C@H](O[Si](C)(C)C)[C@@H](CO[Si](C)(C)C)O[Si](C)(C)C. The van der Waals surface area contributed by atoms with Gasteiger partial charge in [-0.25, -0.2) is 0 Å². The largest absolute Gasteiger partial charge is 0.415 e. The molecule has 0 spiro atoms. The summed E-state index contributed by atoms with van der Waals surface area (Å²) in [6.07, 6.45) is 0.191. The molecular formula is C20H48N2O6Si4. The van der Waals surface area contributed by atoms with Crippen molar-refractivity contribution in [3.8, 4) is 0 Å². The van der Waals surface area contributed by atoms with Crippen LogP contribution in [0.25, 0.3) is 0 Å². The first-order chi connectivity index (χ1) is 14.3. The zero-order chi connectivity index (χ0) is 25.4. The highest BCUT2D eigenvalue weighted by Crippen LogP contribution is 2.23. The lowest BCUT2D eigenvalue weighted by Crippen LogP contribution is -2.55. The van der Waals surface area contributed by atoms with E-state index in [4.69, 9.17) is 27.4 Å². The van der Waals surface area contributed by atoms with E-state index in [1.54, 1.807) is 6.21 Å². The summed E-state index contributed by atoms with van der Waals surface area (Å²) in [5.41, 5.74) is 0.584. The van der Waals surface area contributed by atoms with Gasteiger partial charge in [0.1, 0.15) is 32.1 Å². The maximum atomic E-state index is 6.69. The molecule has 0 radical (unpaired) electrons. The minimum Gasteiger partial charge on any atom is -0.415 e. The Morgan fingerprint density at radius 3 is 1.56 bits per heavy atom. The van der Waals surface area contributed by atoms with Gasteiger partial charge >= 0.3 is 0 Å². The van der Waals surface area contributed by atoms with E-state index < -0.39 is 45.5 Å². The lowest BCUT2D eigenvalue weighted by molar-refractivity contribution is 0.0386. The first kappa shape index (κ1) is 31.6. The Balaban J connectivity index is 6.54. The highest BCUT2D eigenvalue weighted by molar-refractivity contribution is 6.71. The number of oxime groups is 2. The predicted octanol–water partition coefficient (Wildman–Crippen LogP) is 5.13. The molecule has 0 aliphatic carbocycles. The molecular weight excluding hydrogens is 477 g/mol. The number of rotatable bonds is 15. The topological polar surface area (TPSA) is 80.1 Å². The molecule has 0 fully saturated rings. The molecule has 3 atom stereocenters. The molecule has 0 heterocycles. The van der Waals surface area contributed by atoms with Gasteiger partial charge in [-0.1, -0.05) is 10.3 Å². The highest BCUT2D eigenvalue weighted by Gasteiger charge is 2.40. The van der Waals surface area contributed by atoms with Gasteiger partial charge in [-0.2, -0.15) is 0 Å². The first-order valence-electron chi connectivity index (χ1n) is 11.1. The third-order valence-corrected chi connectivity index (χ3v) is 7.53. The Morgan fingerprint density at radius 1 is 0.688 bits per heavy atom. The van der Waals surface area contributed by atoms with Gasteiger partial charge in [0, 0.05) is 0 Å². The molecule has 8 nitrogen and oxygen atoms in total. The number of hydrogen-bond donors (Lipinski definition) is 0. The summed E-state index contributed by atoms with van der Waals surface area (Å²) in [6, 6.07) is 0. The van der Waals surface area contributed by atoms with Gasteiger partial charge in [-0.3, -0.25) is 0 Å². The molecule has 12 heteroatoms. The molecule has 0 aromatic carbocycles. The van der Waals surface area contributed by atoms with Crippen LogP contribution in [-0.2, 0) is 27.4 Å². The zero-order valence-electron chi connectivity index (χ0n) is 22.9. The Kier molecular flexibility index (Phi) is 12.8. The van der Waals surface area contributed by atoms with Crippen LogP contribution in [0.15, 0.2) is 10.3 Å². The second-order valence-electron chi connectivity index (χ2n) is 11.6. The summed E-state index contributed by atoms with van der Waals surface area (Å²) in [4.78, 5) is 10.2. The van der Waals surface area contributed by atoms with Crippen molar-refractivity contribution < 1.29 is 27.4 Å². The van der Waals surface area contributed by atoms with Crippen LogP contribution in [-0.4, -0.2) is 84.3 Å². The third-order valence-electron chi connectivity index (χ3n) is 3.57. The maximum Gasteiger partial charge on any atom is 0.185 e. The van der Waals surface area contributed by atoms with Crippen molar-refractivity contribution in [3.05, 3.63) is 0 Å². The highest BCUT2D eigenvalue weighted by atomic mass is 28.4. The van der Waals surface area contributed by atoms with Crippen molar-refractivity contribution in [2.24, 2.45) is 10.3 Å². The van der Waals surface area contributed by atoms with Crippen LogP contribution in [0.2, 0.25) is 78.6 Å². The molecule has 0 aliphatic rings. The van der Waals surface area contributed by atoms with Gasteiger partial charge in [-0.05, 0) is 78.6 Å². The van der Waals surface area contributed by atoms with Crippen LogP contribution in [0, 0.1) is 0 Å². The quantitative estimate of drug-likeness (QED) is 0.168. The van der Waals surface area contributed by atoms with E-state index in [0.29, 0.717) is 12.3 Å². The average molecular weight is 525 g/mol. The van der Waals surface area contributed by atoms with E-state index in [1.807, 2.05) is 0 Å². The zero-order valence-corrected chi connectivity index (χ0v) is 26.9. The van der Waals surface area contributed by atoms with Crippen LogP contribution in [0.4, 0.5) is 0 Å². The van der Waals surface area contributed by atoms with Crippen LogP contribution < -0.4 is 0 Å². The molecule has 0 unspecified atom stereocenters. The fourth-order valence-electron chi connectivity index (χ4n) is 2.71. The van der Waals surface area contributed by atoms with Crippen LogP contribution in [0.3, 0.4) is 0 Å². The van der Waals surface area contributed by atoms with Crippen molar-refractivity contribution in [2.45, 2.75) is 96.9 Å². The van der Waals surface area contributed by atoms with E-state index in [1.165, 1.54) is 14.2 Å². The fourth-order valence-corrected chi connectivity index (χ4v) is 6.45. The number of nitrogens with zero attached hydrogens (tertiary/aromatic N) is 2. The molecule has 0 saturated carbocycles. The normalized spacial score (nSPS) is 17.4. The Labute approximate surface area is 200 Å². The van der Waals surface area contributed by atoms with E-state index >= 15 is 0 Å². The summed E-state index contributed by atoms with van der Waals surface area (Å²) < 4.78 is 26.1. The molecule has 0 amide bonds. The summed E-state index contributed by atoms with van der Waals surface area (Å²) in [5.74, 6) is 0. The molecule has 190 valence electrons. The fraction of sp³-hybridized carbons (Fsp3) is 0.900. The first-order valence-corrected chi connectivity index (χ1v) is 24.8. The van der Waals surface area contributed by atoms with Crippen LogP contribution in [0.5, 0.6) is 0 Å². The van der Waals surface area contributed by atoms with Crippen LogP contribution >= 0.6 is 0 Å². The molecule has 0 saturated heterocycles. The minimum atomic E-state index is -2.03. The van der Waals surface area contributed by atoms with E-state index in [-0.39, 0.29) is 6.10 Å². The van der Waals surface area contributed by atoms with Gasteiger partial charge < -0.3 is 27.4 Å². The van der Waals surface area contributed by atoms with E-state index in [9.17, 15) is 0 Å². The number of hydrogen-bond acceptors (Lipinski definition) is 8. The molecule has 0 aromatic rings. The molecule has 0 aromatic heterocycles. The van der Waals surface area contributed by atoms with Gasteiger partial charge in [-0.15, -0.1) is 0 Å². The second kappa shape index (κ2) is 12.9. The van der Waals surface area contributed by atoms with Gasteiger partial charge in [0.05, 0.1) is 18.9 Å². The summed E-state index contributed by atoms with van der Waals surface area (Å²) >= 11 is 0. The van der Waals surface area contributed by atoms with Crippen molar-refractivity contribution in [1.82, 2.24) is 0 Å². The van der Waals surface area contributed by atoms with Crippen LogP contribution in [0.1, 0.15) is 0 Å². The molecule has 0 N–H and O–H groups in total. The van der Waals surface area contributed by atoms with Crippen molar-refractivity contribution in [1.29, 1.82) is 0 Å². The summed E-state index contributed by atoms with van der Waals surface area (Å²) in [6.45, 7) is 26.2. The maximum absolute atomic E-state index is 6.69. The smallest absolute Gasteiger partial charge is 0.185 e. The Hall–Kier alpha value is -0.352. The molecule has 32 heavy (non-hydrogen) atoms. The van der Waals surface area contributed by atoms with Gasteiger partial charge in [0.25, 0.3) is 0 Å². The minimum absolute atomic E-state index is 0.349. The Bertz CT molecular complexity index is 607. The molecule has 0 rings (SSSR count). The third kappa shape index (κ3) is 15.5. The Morgan fingerprint density at radius 2 is 1.19 bits per heavy atom. The van der Waals surface area contributed by atoms with E-state index in [0.717, 1.165) is 0 Å². The van der Waals surface area contributed by atoms with Crippen molar-refractivity contribution >= 4 is 45.2 Å². The van der Waals surface area contributed by atoms with Crippen molar-refractivity contribution in [2.75, 3.05) is 20.8 Å². The van der Waals surface area contributed by atoms with Gasteiger partial charge in [0.2, 0.25) is 0 Å². The molecule has 0 aliphatic heterocycles. The second-order valence-corrected chi connectivity index (χ2v) is 29.5. The summed E-state index contributed by atoms with van der Waals surface area (Å²) in [7, 11) is -4.71.